The molecule has 0 fully saturated rings. The first-order valence-corrected chi connectivity index (χ1v) is 10.1. The van der Waals surface area contributed by atoms with Gasteiger partial charge in [-0.05, 0) is 37.6 Å². The third-order valence-corrected chi connectivity index (χ3v) is 5.14. The Balaban J connectivity index is 1.91. The number of carbonyl (C=O) groups is 1. The molecule has 0 spiro atoms. The monoisotopic (exact) mass is 416 g/mol. The van der Waals surface area contributed by atoms with E-state index in [9.17, 15) is 4.79 Å². The number of carbonyl (C=O) groups excluding carboxylic acids is 1. The summed E-state index contributed by atoms with van der Waals surface area (Å²) < 4.78 is 6.84. The number of hydrogen-bond acceptors (Lipinski definition) is 6. The molecule has 0 radical (unpaired) electrons. The zero-order valence-corrected chi connectivity index (χ0v) is 17.7. The number of fused-ring (bicyclic) bond motifs is 2. The van der Waals surface area contributed by atoms with Gasteiger partial charge < -0.3 is 15.8 Å². The van der Waals surface area contributed by atoms with Gasteiger partial charge in [-0.1, -0.05) is 31.2 Å². The minimum Gasteiger partial charge on any atom is -0.496 e. The maximum atomic E-state index is 13.0. The fourth-order valence-corrected chi connectivity index (χ4v) is 3.28. The van der Waals surface area contributed by atoms with E-state index in [2.05, 4.69) is 15.4 Å². The summed E-state index contributed by atoms with van der Waals surface area (Å²) in [6, 6.07) is 15.0. The second-order valence-electron chi connectivity index (χ2n) is 7.23. The van der Waals surface area contributed by atoms with Crippen LogP contribution in [0.2, 0.25) is 0 Å². The van der Waals surface area contributed by atoms with Gasteiger partial charge in [0, 0.05) is 11.6 Å². The zero-order valence-electron chi connectivity index (χ0n) is 17.7. The molecule has 4 rings (SSSR count). The normalized spacial score (nSPS) is 12.5. The molecule has 0 aliphatic rings. The van der Waals surface area contributed by atoms with Crippen LogP contribution in [0, 0.1) is 0 Å². The van der Waals surface area contributed by atoms with Crippen molar-refractivity contribution in [3.63, 3.8) is 0 Å². The lowest BCUT2D eigenvalue weighted by Crippen LogP contribution is -2.32. The number of benzene rings is 2. The van der Waals surface area contributed by atoms with Crippen LogP contribution in [-0.2, 0) is 0 Å². The van der Waals surface area contributed by atoms with Crippen molar-refractivity contribution < 1.29 is 9.53 Å². The number of aromatic nitrogens is 3. The molecular weight excluding hydrogens is 392 g/mol. The van der Waals surface area contributed by atoms with Crippen LogP contribution in [0.3, 0.4) is 0 Å². The number of anilines is 1. The standard InChI is InChI=1S/C23H24N6O2/c1-4-14(2)26-23(30)19-20-22(28-17-11-7-6-10-16(17)27-20)29(21(19)24)25-13-15-9-5-8-12-18(15)31-3/h5-14H,4,24H2,1-3H3,(H,26,30). The molecule has 0 saturated heterocycles. The van der Waals surface area contributed by atoms with E-state index in [0.29, 0.717) is 27.9 Å². The van der Waals surface area contributed by atoms with Crippen molar-refractivity contribution in [3.05, 3.63) is 59.7 Å². The van der Waals surface area contributed by atoms with Crippen molar-refractivity contribution in [1.82, 2.24) is 20.0 Å². The van der Waals surface area contributed by atoms with Crippen molar-refractivity contribution in [2.45, 2.75) is 26.3 Å². The predicted octanol–water partition coefficient (Wildman–Crippen LogP) is 3.59. The molecule has 158 valence electrons. The first-order chi connectivity index (χ1) is 15.0. The number of nitrogen functional groups attached to an aromatic ring is 1. The second-order valence-corrected chi connectivity index (χ2v) is 7.23. The molecular formula is C23H24N6O2. The van der Waals surface area contributed by atoms with Crippen LogP contribution in [0.4, 0.5) is 5.82 Å². The molecule has 8 nitrogen and oxygen atoms in total. The topological polar surface area (TPSA) is 107 Å². The van der Waals surface area contributed by atoms with E-state index >= 15 is 0 Å². The number of nitrogens with zero attached hydrogens (tertiary/aromatic N) is 4. The van der Waals surface area contributed by atoms with Gasteiger partial charge in [-0.2, -0.15) is 9.78 Å². The molecule has 0 aliphatic heterocycles. The number of nitrogens with two attached hydrogens (primary N) is 1. The Bertz CT molecular complexity index is 1290. The average molecular weight is 416 g/mol. The lowest BCUT2D eigenvalue weighted by Gasteiger charge is -2.11. The van der Waals surface area contributed by atoms with Crippen LogP contribution in [-0.4, -0.2) is 39.9 Å². The summed E-state index contributed by atoms with van der Waals surface area (Å²) in [6.45, 7) is 3.94. The third-order valence-electron chi connectivity index (χ3n) is 5.14. The lowest BCUT2D eigenvalue weighted by atomic mass is 10.2. The first-order valence-electron chi connectivity index (χ1n) is 10.1. The van der Waals surface area contributed by atoms with Crippen molar-refractivity contribution in [1.29, 1.82) is 0 Å². The molecule has 8 heteroatoms. The summed E-state index contributed by atoms with van der Waals surface area (Å²) in [5.74, 6) is 0.553. The smallest absolute Gasteiger partial charge is 0.257 e. The van der Waals surface area contributed by atoms with Gasteiger partial charge in [0.1, 0.15) is 22.6 Å². The van der Waals surface area contributed by atoms with Crippen LogP contribution < -0.4 is 15.8 Å². The van der Waals surface area contributed by atoms with Gasteiger partial charge >= 0.3 is 0 Å². The Morgan fingerprint density at radius 3 is 2.58 bits per heavy atom. The van der Waals surface area contributed by atoms with E-state index in [1.807, 2.05) is 62.4 Å². The van der Waals surface area contributed by atoms with Crippen molar-refractivity contribution in [2.75, 3.05) is 12.8 Å². The van der Waals surface area contributed by atoms with Crippen LogP contribution >= 0.6 is 0 Å². The molecule has 4 aromatic rings. The molecule has 2 heterocycles. The van der Waals surface area contributed by atoms with Crippen LogP contribution in [0.1, 0.15) is 36.2 Å². The Labute approximate surface area is 179 Å². The number of hydrogen-bond donors (Lipinski definition) is 2. The highest BCUT2D eigenvalue weighted by molar-refractivity contribution is 6.10. The fourth-order valence-electron chi connectivity index (χ4n) is 3.28. The van der Waals surface area contributed by atoms with E-state index in [1.165, 1.54) is 4.68 Å². The van der Waals surface area contributed by atoms with Gasteiger partial charge in [-0.15, -0.1) is 0 Å². The Hall–Kier alpha value is -3.94. The van der Waals surface area contributed by atoms with E-state index in [4.69, 9.17) is 15.5 Å². The predicted molar refractivity (Wildman–Crippen MR) is 123 cm³/mol. The van der Waals surface area contributed by atoms with E-state index < -0.39 is 0 Å². The summed E-state index contributed by atoms with van der Waals surface area (Å²) >= 11 is 0. The molecule has 0 bridgehead atoms. The van der Waals surface area contributed by atoms with Gasteiger partial charge in [0.2, 0.25) is 0 Å². The molecule has 1 unspecified atom stereocenters. The molecule has 3 N–H and O–H groups in total. The summed E-state index contributed by atoms with van der Waals surface area (Å²) in [7, 11) is 1.60. The highest BCUT2D eigenvalue weighted by Gasteiger charge is 2.24. The average Bonchev–Trinajstić information content (AvgIpc) is 3.06. The largest absolute Gasteiger partial charge is 0.496 e. The summed E-state index contributed by atoms with van der Waals surface area (Å²) in [6.07, 6.45) is 2.42. The van der Waals surface area contributed by atoms with Gasteiger partial charge in [-0.25, -0.2) is 9.97 Å². The van der Waals surface area contributed by atoms with Crippen molar-refractivity contribution in [3.8, 4) is 5.75 Å². The molecule has 0 aliphatic carbocycles. The number of methoxy groups -OCH3 is 1. The van der Waals surface area contributed by atoms with Crippen molar-refractivity contribution in [2.24, 2.45) is 5.10 Å². The Morgan fingerprint density at radius 1 is 1.19 bits per heavy atom. The van der Waals surface area contributed by atoms with E-state index in [0.717, 1.165) is 12.0 Å². The highest BCUT2D eigenvalue weighted by atomic mass is 16.5. The van der Waals surface area contributed by atoms with E-state index in [1.54, 1.807) is 13.3 Å². The molecule has 1 atom stereocenters. The zero-order chi connectivity index (χ0) is 22.0. The fraction of sp³-hybridized carbons (Fsp3) is 0.217. The summed E-state index contributed by atoms with van der Waals surface area (Å²) in [4.78, 5) is 22.4. The van der Waals surface area contributed by atoms with Gasteiger partial charge in [0.15, 0.2) is 5.65 Å². The number of nitrogens with one attached hydrogen (secondary N) is 1. The Morgan fingerprint density at radius 2 is 1.87 bits per heavy atom. The maximum Gasteiger partial charge on any atom is 0.257 e. The second kappa shape index (κ2) is 8.43. The number of para-hydroxylation sites is 3. The molecule has 2 aromatic carbocycles. The molecule has 1 amide bonds. The minimum absolute atomic E-state index is 0.00389. The maximum absolute atomic E-state index is 13.0. The van der Waals surface area contributed by atoms with Crippen molar-refractivity contribution >= 4 is 40.1 Å². The molecule has 31 heavy (non-hydrogen) atoms. The SMILES string of the molecule is CCC(C)NC(=O)c1c(N)n(N=Cc2ccccc2OC)c2nc3ccccc3nc12. The number of rotatable bonds is 6. The minimum atomic E-state index is -0.298. The number of ether oxygens (including phenoxy) is 1. The lowest BCUT2D eigenvalue weighted by molar-refractivity contribution is 0.0941. The van der Waals surface area contributed by atoms with Crippen LogP contribution in [0.15, 0.2) is 53.6 Å². The van der Waals surface area contributed by atoms with Gasteiger partial charge in [0.25, 0.3) is 5.91 Å². The third kappa shape index (κ3) is 3.79. The highest BCUT2D eigenvalue weighted by Crippen LogP contribution is 2.28. The van der Waals surface area contributed by atoms with Gasteiger partial charge in [0.05, 0.1) is 24.4 Å². The van der Waals surface area contributed by atoms with Crippen LogP contribution in [0.5, 0.6) is 5.75 Å². The molecule has 2 aromatic heterocycles. The summed E-state index contributed by atoms with van der Waals surface area (Å²) in [5, 5.41) is 7.49. The summed E-state index contributed by atoms with van der Waals surface area (Å²) in [5.41, 5.74) is 9.64. The first kappa shape index (κ1) is 20.3. The van der Waals surface area contributed by atoms with Crippen LogP contribution in [0.25, 0.3) is 22.2 Å². The Kier molecular flexibility index (Phi) is 5.53. The number of amides is 1. The molecule has 0 saturated carbocycles. The van der Waals surface area contributed by atoms with E-state index in [-0.39, 0.29) is 23.3 Å². The quantitative estimate of drug-likeness (QED) is 0.467. The van der Waals surface area contributed by atoms with Gasteiger partial charge in [-0.3, -0.25) is 4.79 Å².